The van der Waals surface area contributed by atoms with Crippen molar-refractivity contribution in [3.05, 3.63) is 40.2 Å². The maximum Gasteiger partial charge on any atom is 0.509 e. The Kier molecular flexibility index (Phi) is 20.8. The molecule has 0 radical (unpaired) electrons. The lowest BCUT2D eigenvalue weighted by atomic mass is 9.74. The molecule has 434 valence electrons. The van der Waals surface area contributed by atoms with Gasteiger partial charge in [-0.3, -0.25) is 14.4 Å². The van der Waals surface area contributed by atoms with Gasteiger partial charge in [-0.2, -0.15) is 0 Å². The molecule has 2 aromatic rings. The van der Waals surface area contributed by atoms with E-state index in [9.17, 15) is 34.2 Å². The van der Waals surface area contributed by atoms with Crippen molar-refractivity contribution in [3.8, 4) is 5.75 Å². The lowest BCUT2D eigenvalue weighted by Gasteiger charge is -2.50. The number of ketones is 1. The van der Waals surface area contributed by atoms with Crippen molar-refractivity contribution in [2.45, 2.75) is 199 Å². The van der Waals surface area contributed by atoms with Crippen LogP contribution in [0.2, 0.25) is 0 Å². The number of carbonyl (C=O) groups is 4. The molecule has 5 heterocycles. The number of nitrogens with zero attached hydrogens (tertiary/aromatic N) is 2. The molecule has 21 heteroatoms. The van der Waals surface area contributed by atoms with Crippen LogP contribution in [0, 0.1) is 23.7 Å². The number of aliphatic hydroxyl groups is 1. The Morgan fingerprint density at radius 1 is 0.883 bits per heavy atom. The number of hydrogen-bond acceptors (Lipinski definition) is 19. The number of benzene rings is 1. The van der Waals surface area contributed by atoms with Crippen LogP contribution in [0.3, 0.4) is 0 Å². The van der Waals surface area contributed by atoms with Gasteiger partial charge >= 0.3 is 18.1 Å². The highest BCUT2D eigenvalue weighted by atomic mass is 16.8. The van der Waals surface area contributed by atoms with Crippen molar-refractivity contribution in [1.29, 1.82) is 0 Å². The predicted molar refractivity (Wildman–Crippen MR) is 282 cm³/mol. The summed E-state index contributed by atoms with van der Waals surface area (Å²) in [4.78, 5) is 68.8. The zero-order valence-corrected chi connectivity index (χ0v) is 47.9. The van der Waals surface area contributed by atoms with E-state index in [0.29, 0.717) is 57.0 Å². The van der Waals surface area contributed by atoms with Crippen LogP contribution in [0.5, 0.6) is 5.75 Å². The zero-order valence-electron chi connectivity index (χ0n) is 47.9. The monoisotopic (exact) mass is 1090 g/mol. The normalized spacial score (nSPS) is 37.4. The fourth-order valence-corrected chi connectivity index (χ4v) is 12.2. The SMILES string of the molecule is CC[C@@H]1OC(=O)[C@H](C)[C@H](O[C@@H]2C[C@](C)(OC)[C@H](OCCCNCCOc3ccc4c(c3)c(=O)c(C(=O)O)cn4CC)[C@H](C)O2)[C@@H](C)[C@H](O[C@H]2O[C@@H](C)C[C@@H](N(C)C)[C@H]2O)[C@](C)(OC)C[C@H](C)C(=O)C(C)[C@H]2OC(=O)O[C@@]12C. The maximum atomic E-state index is 14.8. The number of ether oxygens (including phenoxy) is 11. The van der Waals surface area contributed by atoms with E-state index in [1.807, 2.05) is 60.5 Å². The van der Waals surface area contributed by atoms with E-state index in [2.05, 4.69) is 5.32 Å². The number of cyclic esters (lactones) is 1. The minimum Gasteiger partial charge on any atom is -0.492 e. The van der Waals surface area contributed by atoms with Gasteiger partial charge in [0.05, 0.1) is 58.4 Å². The smallest absolute Gasteiger partial charge is 0.492 e. The average Bonchev–Trinajstić information content (AvgIpc) is 3.74. The van der Waals surface area contributed by atoms with Gasteiger partial charge in [0.25, 0.3) is 0 Å². The highest BCUT2D eigenvalue weighted by Gasteiger charge is 2.60. The van der Waals surface area contributed by atoms with Gasteiger partial charge < -0.3 is 77.1 Å². The lowest BCUT2D eigenvalue weighted by molar-refractivity contribution is -0.322. The van der Waals surface area contributed by atoms with Crippen LogP contribution in [-0.2, 0) is 63.5 Å². The van der Waals surface area contributed by atoms with Gasteiger partial charge in [0.1, 0.15) is 42.0 Å². The number of aromatic nitrogens is 1. The van der Waals surface area contributed by atoms with Crippen LogP contribution in [-0.4, -0.2) is 182 Å². The molecule has 18 atom stereocenters. The zero-order chi connectivity index (χ0) is 56.9. The Morgan fingerprint density at radius 2 is 1.57 bits per heavy atom. The van der Waals surface area contributed by atoms with Gasteiger partial charge in [-0.15, -0.1) is 0 Å². The molecule has 1 aromatic carbocycles. The van der Waals surface area contributed by atoms with Crippen molar-refractivity contribution in [1.82, 2.24) is 14.8 Å². The first-order valence-corrected chi connectivity index (χ1v) is 27.3. The van der Waals surface area contributed by atoms with Crippen LogP contribution in [0.1, 0.15) is 119 Å². The van der Waals surface area contributed by atoms with E-state index in [0.717, 1.165) is 0 Å². The van der Waals surface area contributed by atoms with E-state index < -0.39 is 119 Å². The Bertz CT molecular complexity index is 2420. The number of aryl methyl sites for hydroxylation is 1. The summed E-state index contributed by atoms with van der Waals surface area (Å²) in [6, 6.07) is 4.78. The molecule has 21 nitrogen and oxygen atoms in total. The summed E-state index contributed by atoms with van der Waals surface area (Å²) >= 11 is 0. The molecule has 1 unspecified atom stereocenters. The van der Waals surface area contributed by atoms with Gasteiger partial charge in [0.2, 0.25) is 5.43 Å². The number of pyridine rings is 1. The molecule has 4 fully saturated rings. The summed E-state index contributed by atoms with van der Waals surface area (Å²) in [6.45, 7) is 22.1. The molecule has 0 amide bonds. The number of aliphatic hydroxyl groups excluding tert-OH is 1. The van der Waals surface area contributed by atoms with Gasteiger partial charge in [-0.05, 0) is 113 Å². The summed E-state index contributed by atoms with van der Waals surface area (Å²) in [5.41, 5.74) is -3.96. The van der Waals surface area contributed by atoms with Gasteiger partial charge in [0.15, 0.2) is 24.3 Å². The van der Waals surface area contributed by atoms with Crippen LogP contribution < -0.4 is 15.5 Å². The second kappa shape index (κ2) is 25.9. The van der Waals surface area contributed by atoms with E-state index in [1.165, 1.54) is 13.3 Å². The topological polar surface area (TPSA) is 248 Å². The quantitative estimate of drug-likeness (QED) is 0.112. The van der Waals surface area contributed by atoms with E-state index in [1.54, 1.807) is 64.5 Å². The molecule has 0 aliphatic carbocycles. The summed E-state index contributed by atoms with van der Waals surface area (Å²) in [6.07, 6.45) is -6.57. The Morgan fingerprint density at radius 3 is 2.21 bits per heavy atom. The molecule has 3 N–H and O–H groups in total. The molecule has 77 heavy (non-hydrogen) atoms. The van der Waals surface area contributed by atoms with Gasteiger partial charge in [-0.25, -0.2) is 9.59 Å². The fraction of sp³-hybridized carbons (Fsp3) is 0.768. The summed E-state index contributed by atoms with van der Waals surface area (Å²) < 4.78 is 71.6. The van der Waals surface area contributed by atoms with Crippen molar-refractivity contribution in [3.63, 3.8) is 0 Å². The number of Topliss-reactive ketones (excluding diaryl/α,β-unsaturated/α-hetero) is 1. The second-order valence-electron chi connectivity index (χ2n) is 22.5. The molecule has 0 spiro atoms. The van der Waals surface area contributed by atoms with Gasteiger partial charge in [-0.1, -0.05) is 27.7 Å². The number of methoxy groups -OCH3 is 2. The molecule has 1 aromatic heterocycles. The van der Waals surface area contributed by atoms with Crippen LogP contribution in [0.15, 0.2) is 29.2 Å². The molecule has 0 bridgehead atoms. The number of carbonyl (C=O) groups excluding carboxylic acids is 3. The highest BCUT2D eigenvalue weighted by molar-refractivity contribution is 5.93. The first-order chi connectivity index (χ1) is 36.3. The number of esters is 1. The minimum atomic E-state index is -1.51. The first-order valence-electron chi connectivity index (χ1n) is 27.3. The van der Waals surface area contributed by atoms with Crippen molar-refractivity contribution >= 4 is 34.8 Å². The molecule has 0 saturated carbocycles. The average molecular weight is 1090 g/mol. The number of nitrogens with one attached hydrogen (secondary N) is 1. The van der Waals surface area contributed by atoms with Gasteiger partial charge in [0, 0.05) is 64.4 Å². The lowest BCUT2D eigenvalue weighted by Crippen LogP contribution is -2.61. The minimum absolute atomic E-state index is 0.117. The molecular weight excluding hydrogens is 1000 g/mol. The second-order valence-corrected chi connectivity index (χ2v) is 22.5. The number of likely N-dealkylation sites (N-methyl/N-ethyl adjacent to an activating group) is 1. The Labute approximate surface area is 453 Å². The summed E-state index contributed by atoms with van der Waals surface area (Å²) in [5.74, 6) is -5.03. The van der Waals surface area contributed by atoms with E-state index >= 15 is 0 Å². The number of hydrogen-bond donors (Lipinski definition) is 3. The third-order valence-corrected chi connectivity index (χ3v) is 16.7. The molecule has 4 saturated heterocycles. The number of fused-ring (bicyclic) bond motifs is 2. The molecular formula is C56H87N3O18. The van der Waals surface area contributed by atoms with E-state index in [4.69, 9.17) is 52.1 Å². The van der Waals surface area contributed by atoms with Crippen molar-refractivity contribution in [2.24, 2.45) is 23.7 Å². The van der Waals surface area contributed by atoms with Crippen LogP contribution in [0.4, 0.5) is 4.79 Å². The van der Waals surface area contributed by atoms with Crippen molar-refractivity contribution in [2.75, 3.05) is 54.6 Å². The molecule has 6 rings (SSSR count). The summed E-state index contributed by atoms with van der Waals surface area (Å²) in [5, 5.41) is 25.0. The third-order valence-electron chi connectivity index (χ3n) is 16.7. The largest absolute Gasteiger partial charge is 0.509 e. The Hall–Kier alpha value is -4.29. The fourth-order valence-electron chi connectivity index (χ4n) is 12.2. The third kappa shape index (κ3) is 13.5. The number of carboxylic acids is 1. The van der Waals surface area contributed by atoms with E-state index in [-0.39, 0.29) is 48.1 Å². The van der Waals surface area contributed by atoms with Crippen LogP contribution in [0.25, 0.3) is 10.9 Å². The standard InChI is InChI=1S/C56H87N3O18/c1-16-41-56(11)48(76-53(66)77-56)32(5)43(60)30(3)27-54(9,67-14)47(75-52-45(62)40(58(12)13)25-31(4)71-52)33(6)46(34(7)51(65)73-41)74-42-28-55(10,68-15)49(35(8)72-42)70-23-18-21-57-22-24-69-36-19-20-39-37(26-36)44(61)38(50(63)64)29-59(39)17-2/h19-20,26,29-35,40-42,45-49,52,57,62H,16-18,21-25,27-28H2,1-15H3,(H,63,64)/t30-,31-,32?,33+,34+,35-,40+,41-,42+,45+,46+,47-,48+,49+,52+,54+,55-,56-/m0/s1. The van der Waals surface area contributed by atoms with Crippen molar-refractivity contribution < 1.29 is 81.5 Å². The summed E-state index contributed by atoms with van der Waals surface area (Å²) in [7, 11) is 6.90. The number of aromatic carboxylic acids is 1. The predicted octanol–water partition coefficient (Wildman–Crippen LogP) is 5.74. The Balaban J connectivity index is 1.19. The van der Waals surface area contributed by atoms with Crippen LogP contribution >= 0.6 is 0 Å². The highest BCUT2D eigenvalue weighted by Crippen LogP contribution is 2.44. The number of rotatable bonds is 19. The molecule has 4 aliphatic heterocycles. The molecule has 4 aliphatic rings. The maximum absolute atomic E-state index is 14.8. The first kappa shape index (κ1) is 61.9. The number of carboxylic acid groups (broad SMARTS) is 1.